The van der Waals surface area contributed by atoms with Crippen molar-refractivity contribution >= 4 is 0 Å². The number of hydrogen-bond donors (Lipinski definition) is 4. The molecule has 4 N–H and O–H groups in total. The lowest BCUT2D eigenvalue weighted by molar-refractivity contribution is 0.123. The maximum Gasteiger partial charge on any atom is 0.0558 e. The van der Waals surface area contributed by atoms with E-state index in [1.165, 1.54) is 77.0 Å². The van der Waals surface area contributed by atoms with Gasteiger partial charge in [-0.05, 0) is 13.0 Å². The summed E-state index contributed by atoms with van der Waals surface area (Å²) in [6, 6.07) is 0. The van der Waals surface area contributed by atoms with Crippen LogP contribution in [0.5, 0.6) is 0 Å². The summed E-state index contributed by atoms with van der Waals surface area (Å²) >= 11 is 0. The number of rotatable bonds is 27. The fraction of sp³-hybridized carbons (Fsp3) is 1.00. The summed E-state index contributed by atoms with van der Waals surface area (Å²) in [7, 11) is 0. The highest BCUT2D eigenvalue weighted by atomic mass is 16.3. The first kappa shape index (κ1) is 32.7. The van der Waals surface area contributed by atoms with Crippen molar-refractivity contribution in [3.8, 4) is 0 Å². The predicted molar refractivity (Wildman–Crippen MR) is 139 cm³/mol. The third kappa shape index (κ3) is 22.0. The van der Waals surface area contributed by atoms with Crippen LogP contribution in [0, 0.1) is 0 Å². The minimum Gasteiger partial charge on any atom is -0.395 e. The molecule has 0 aromatic carbocycles. The van der Waals surface area contributed by atoms with Crippen LogP contribution >= 0.6 is 0 Å². The summed E-state index contributed by atoms with van der Waals surface area (Å²) in [6.07, 6.45) is 16.2. The molecule has 0 aromatic rings. The molecule has 0 aliphatic heterocycles. The van der Waals surface area contributed by atoms with E-state index in [1.54, 1.807) is 0 Å². The summed E-state index contributed by atoms with van der Waals surface area (Å²) in [4.78, 5) is 6.67. The van der Waals surface area contributed by atoms with Crippen LogP contribution in [0.4, 0.5) is 0 Å². The third-order valence-electron chi connectivity index (χ3n) is 6.46. The van der Waals surface area contributed by atoms with Gasteiger partial charge in [0.1, 0.15) is 0 Å². The van der Waals surface area contributed by atoms with Gasteiger partial charge in [0.2, 0.25) is 0 Å². The highest BCUT2D eigenvalue weighted by molar-refractivity contribution is 4.67. The van der Waals surface area contributed by atoms with Crippen LogP contribution in [-0.2, 0) is 0 Å². The second-order valence-electron chi connectivity index (χ2n) is 9.31. The van der Waals surface area contributed by atoms with Gasteiger partial charge < -0.3 is 25.3 Å². The molecule has 0 aliphatic rings. The zero-order valence-corrected chi connectivity index (χ0v) is 21.8. The molecular weight excluding hydrogens is 418 g/mol. The van der Waals surface area contributed by atoms with Crippen LogP contribution in [0.3, 0.4) is 0 Å². The molecule has 7 nitrogen and oxygen atoms in total. The monoisotopic (exact) mass is 475 g/mol. The Morgan fingerprint density at radius 2 is 0.606 bits per heavy atom. The van der Waals surface area contributed by atoms with Gasteiger partial charge in [0.05, 0.1) is 26.4 Å². The summed E-state index contributed by atoms with van der Waals surface area (Å²) < 4.78 is 0. The molecule has 0 rings (SSSR count). The van der Waals surface area contributed by atoms with Gasteiger partial charge >= 0.3 is 0 Å². The van der Waals surface area contributed by atoms with E-state index in [4.69, 9.17) is 0 Å². The van der Waals surface area contributed by atoms with Crippen LogP contribution < -0.4 is 0 Å². The lowest BCUT2D eigenvalue weighted by atomic mass is 10.1. The highest BCUT2D eigenvalue weighted by Crippen LogP contribution is 2.12. The summed E-state index contributed by atoms with van der Waals surface area (Å²) in [5.74, 6) is 0. The summed E-state index contributed by atoms with van der Waals surface area (Å²) in [5.41, 5.74) is 0. The quantitative estimate of drug-likeness (QED) is 0.136. The van der Waals surface area contributed by atoms with E-state index < -0.39 is 0 Å². The average molecular weight is 476 g/mol. The van der Waals surface area contributed by atoms with E-state index in [-0.39, 0.29) is 26.4 Å². The normalized spacial score (nSPS) is 12.0. The van der Waals surface area contributed by atoms with E-state index in [2.05, 4.69) is 21.6 Å². The van der Waals surface area contributed by atoms with Gasteiger partial charge in [0, 0.05) is 52.4 Å². The molecule has 0 bridgehead atoms. The van der Waals surface area contributed by atoms with Crippen LogP contribution in [0.15, 0.2) is 0 Å². The number of hydrogen-bond acceptors (Lipinski definition) is 7. The van der Waals surface area contributed by atoms with Crippen molar-refractivity contribution < 1.29 is 20.4 Å². The van der Waals surface area contributed by atoms with Crippen molar-refractivity contribution in [2.45, 2.75) is 84.0 Å². The fourth-order valence-corrected chi connectivity index (χ4v) is 4.31. The van der Waals surface area contributed by atoms with E-state index in [0.29, 0.717) is 26.2 Å². The summed E-state index contributed by atoms with van der Waals surface area (Å²) in [5, 5.41) is 37.0. The van der Waals surface area contributed by atoms with Gasteiger partial charge in [-0.2, -0.15) is 0 Å². The zero-order chi connectivity index (χ0) is 24.4. The maximum absolute atomic E-state index is 9.26. The maximum atomic E-state index is 9.26. The SMILES string of the molecule is CCCCCCCCCCCCCCN(CCN(CCO)CCO)CCN(CCO)CCO. The molecule has 0 heterocycles. The van der Waals surface area contributed by atoms with Crippen LogP contribution in [0.25, 0.3) is 0 Å². The van der Waals surface area contributed by atoms with Crippen LogP contribution in [0.1, 0.15) is 84.0 Å². The van der Waals surface area contributed by atoms with Crippen molar-refractivity contribution in [3.05, 3.63) is 0 Å². The molecule has 0 spiro atoms. The Morgan fingerprint density at radius 1 is 0.333 bits per heavy atom. The van der Waals surface area contributed by atoms with E-state index >= 15 is 0 Å². The largest absolute Gasteiger partial charge is 0.395 e. The van der Waals surface area contributed by atoms with Crippen molar-refractivity contribution in [2.75, 3.05) is 85.3 Å². The Bertz CT molecular complexity index is 345. The Labute approximate surface area is 204 Å². The molecule has 0 aliphatic carbocycles. The van der Waals surface area contributed by atoms with Crippen molar-refractivity contribution in [1.29, 1.82) is 0 Å². The number of aliphatic hydroxyl groups excluding tert-OH is 4. The molecule has 0 aromatic heterocycles. The van der Waals surface area contributed by atoms with Crippen molar-refractivity contribution in [3.63, 3.8) is 0 Å². The molecule has 7 heteroatoms. The zero-order valence-electron chi connectivity index (χ0n) is 21.8. The Hall–Kier alpha value is -0.280. The molecule has 0 atom stereocenters. The molecule has 0 radical (unpaired) electrons. The van der Waals surface area contributed by atoms with Gasteiger partial charge in [0.25, 0.3) is 0 Å². The van der Waals surface area contributed by atoms with Gasteiger partial charge in [-0.3, -0.25) is 9.80 Å². The Morgan fingerprint density at radius 3 is 0.909 bits per heavy atom. The molecule has 0 unspecified atom stereocenters. The second-order valence-corrected chi connectivity index (χ2v) is 9.31. The summed E-state index contributed by atoms with van der Waals surface area (Å²) in [6.45, 7) is 9.61. The minimum absolute atomic E-state index is 0.111. The molecule has 0 saturated carbocycles. The Kier molecular flexibility index (Phi) is 26.1. The Balaban J connectivity index is 4.17. The average Bonchev–Trinajstić information content (AvgIpc) is 2.81. The predicted octanol–water partition coefficient (Wildman–Crippen LogP) is 2.56. The number of aliphatic hydroxyl groups is 4. The van der Waals surface area contributed by atoms with Crippen LogP contribution in [-0.4, -0.2) is 120 Å². The molecular formula is C26H57N3O4. The molecule has 33 heavy (non-hydrogen) atoms. The van der Waals surface area contributed by atoms with Crippen LogP contribution in [0.2, 0.25) is 0 Å². The van der Waals surface area contributed by atoms with Gasteiger partial charge in [-0.1, -0.05) is 77.6 Å². The fourth-order valence-electron chi connectivity index (χ4n) is 4.31. The van der Waals surface area contributed by atoms with Gasteiger partial charge in [-0.15, -0.1) is 0 Å². The first-order valence-corrected chi connectivity index (χ1v) is 13.8. The van der Waals surface area contributed by atoms with E-state index in [9.17, 15) is 20.4 Å². The number of nitrogens with zero attached hydrogens (tertiary/aromatic N) is 3. The first-order chi connectivity index (χ1) is 16.2. The molecule has 200 valence electrons. The minimum atomic E-state index is 0.111. The number of unbranched alkanes of at least 4 members (excludes halogenated alkanes) is 11. The lowest BCUT2D eigenvalue weighted by Crippen LogP contribution is -2.42. The van der Waals surface area contributed by atoms with Gasteiger partial charge in [-0.25, -0.2) is 0 Å². The molecule has 0 amide bonds. The van der Waals surface area contributed by atoms with Crippen molar-refractivity contribution in [1.82, 2.24) is 14.7 Å². The van der Waals surface area contributed by atoms with Gasteiger partial charge in [0.15, 0.2) is 0 Å². The van der Waals surface area contributed by atoms with Crippen molar-refractivity contribution in [2.24, 2.45) is 0 Å². The highest BCUT2D eigenvalue weighted by Gasteiger charge is 2.11. The third-order valence-corrected chi connectivity index (χ3v) is 6.46. The van der Waals surface area contributed by atoms with E-state index in [1.807, 2.05) is 0 Å². The van der Waals surface area contributed by atoms with E-state index in [0.717, 1.165) is 32.7 Å². The smallest absolute Gasteiger partial charge is 0.0558 e. The topological polar surface area (TPSA) is 90.6 Å². The molecule has 0 fully saturated rings. The first-order valence-electron chi connectivity index (χ1n) is 13.8. The standard InChI is InChI=1S/C26H57N3O4/c1-2-3-4-5-6-7-8-9-10-11-12-13-14-27(15-17-28(19-23-30)20-24-31)16-18-29(21-25-32)22-26-33/h30-33H,2-26H2,1H3. The molecule has 0 saturated heterocycles. The lowest BCUT2D eigenvalue weighted by Gasteiger charge is -2.29. The second kappa shape index (κ2) is 26.3.